The summed E-state index contributed by atoms with van der Waals surface area (Å²) in [6, 6.07) is 18.2. The third kappa shape index (κ3) is 3.35. The Kier molecular flexibility index (Phi) is 4.58. The summed E-state index contributed by atoms with van der Waals surface area (Å²) < 4.78 is 1.27. The predicted octanol–water partition coefficient (Wildman–Crippen LogP) is 4.65. The van der Waals surface area contributed by atoms with Crippen LogP contribution in [0.5, 0.6) is 0 Å². The van der Waals surface area contributed by atoms with Gasteiger partial charge in [-0.25, -0.2) is 0 Å². The molecule has 23 heavy (non-hydrogen) atoms. The summed E-state index contributed by atoms with van der Waals surface area (Å²) >= 11 is 6.25. The van der Waals surface area contributed by atoms with Crippen molar-refractivity contribution < 1.29 is 9.10 Å². The van der Waals surface area contributed by atoms with E-state index in [0.717, 1.165) is 17.0 Å². The average Bonchev–Trinajstić information content (AvgIpc) is 2.60. The third-order valence-corrected chi connectivity index (χ3v) is 4.25. The number of aromatic nitrogens is 1. The number of benzene rings is 2. The van der Waals surface area contributed by atoms with Crippen LogP contribution in [-0.2, 0) is 11.4 Å². The number of pyridine rings is 1. The summed E-state index contributed by atoms with van der Waals surface area (Å²) in [6.45, 7) is 4.37. The second kappa shape index (κ2) is 6.80. The first-order valence-corrected chi connectivity index (χ1v) is 7.81. The minimum atomic E-state index is 0.404. The van der Waals surface area contributed by atoms with Gasteiger partial charge in [0, 0.05) is 18.7 Å². The van der Waals surface area contributed by atoms with Crippen molar-refractivity contribution >= 4 is 28.3 Å². The molecule has 3 nitrogen and oxygen atoms in total. The molecule has 3 rings (SSSR count). The molecule has 0 fully saturated rings. The van der Waals surface area contributed by atoms with E-state index in [4.69, 9.17) is 16.6 Å². The zero-order valence-electron chi connectivity index (χ0n) is 13.2. The molecular weight excluding hydrogens is 308 g/mol. The summed E-state index contributed by atoms with van der Waals surface area (Å²) in [5.41, 5.74) is 3.87. The fourth-order valence-corrected chi connectivity index (χ4v) is 2.66. The fraction of sp³-hybridized carbons (Fsp3) is 0.158. The maximum absolute atomic E-state index is 6.25. The number of nitrogens with zero attached hydrogens (tertiary/aromatic N) is 2. The van der Waals surface area contributed by atoms with Gasteiger partial charge >= 0.3 is 11.8 Å². The van der Waals surface area contributed by atoms with E-state index >= 15 is 0 Å². The highest BCUT2D eigenvalue weighted by Gasteiger charge is 2.16. The summed E-state index contributed by atoms with van der Waals surface area (Å²) in [7, 11) is 0. The monoisotopic (exact) mass is 325 g/mol. The number of halogens is 1. The molecule has 1 heterocycles. The zero-order chi connectivity index (χ0) is 16.2. The smallest absolute Gasteiger partial charge is 0.250 e. The highest BCUT2D eigenvalue weighted by molar-refractivity contribution is 6.10. The molecule has 0 N–H and O–H groups in total. The number of hydrogen-bond donors (Lipinski definition) is 0. The maximum Gasteiger partial charge on any atom is 0.319 e. The van der Waals surface area contributed by atoms with Crippen LogP contribution in [0, 0.1) is 6.92 Å². The van der Waals surface area contributed by atoms with E-state index in [9.17, 15) is 0 Å². The molecule has 0 atom stereocenters. The van der Waals surface area contributed by atoms with Gasteiger partial charge in [-0.3, -0.25) is 9.82 Å². The molecule has 0 unspecified atom stereocenters. The van der Waals surface area contributed by atoms with Crippen molar-refractivity contribution in [1.29, 1.82) is 0 Å². The highest BCUT2D eigenvalue weighted by Crippen LogP contribution is 2.23. The van der Waals surface area contributed by atoms with Crippen molar-refractivity contribution in [3.05, 3.63) is 77.6 Å². The van der Waals surface area contributed by atoms with E-state index in [1.165, 1.54) is 20.6 Å². The Hall–Kier alpha value is -2.39. The van der Waals surface area contributed by atoms with Crippen molar-refractivity contribution in [3.63, 3.8) is 0 Å². The van der Waals surface area contributed by atoms with Gasteiger partial charge in [0.05, 0.1) is 4.26 Å². The second-order valence-corrected chi connectivity index (χ2v) is 5.71. The van der Waals surface area contributed by atoms with Crippen molar-refractivity contribution in [2.45, 2.75) is 20.5 Å². The van der Waals surface area contributed by atoms with Gasteiger partial charge in [0.1, 0.15) is 5.69 Å². The van der Waals surface area contributed by atoms with E-state index < -0.39 is 0 Å². The number of rotatable bonds is 4. The van der Waals surface area contributed by atoms with Crippen LogP contribution in [0.3, 0.4) is 0 Å². The van der Waals surface area contributed by atoms with Gasteiger partial charge < -0.3 is 0 Å². The quantitative estimate of drug-likeness (QED) is 0.396. The van der Waals surface area contributed by atoms with Crippen molar-refractivity contribution in [1.82, 2.24) is 4.98 Å². The molecule has 0 saturated carbocycles. The van der Waals surface area contributed by atoms with Crippen LogP contribution in [0.15, 0.2) is 60.8 Å². The van der Waals surface area contributed by atoms with E-state index in [0.29, 0.717) is 6.61 Å². The predicted molar refractivity (Wildman–Crippen MR) is 93.6 cm³/mol. The van der Waals surface area contributed by atoms with Crippen LogP contribution >= 0.6 is 11.8 Å². The molecule has 0 aliphatic heterocycles. The first kappa shape index (κ1) is 15.5. The van der Waals surface area contributed by atoms with Crippen molar-refractivity contribution in [3.8, 4) is 0 Å². The molecule has 0 aliphatic carbocycles. The topological polar surface area (TPSA) is 25.1 Å². The fourth-order valence-electron chi connectivity index (χ4n) is 2.52. The number of aryl methyl sites for hydroxylation is 1. The van der Waals surface area contributed by atoms with Crippen LogP contribution < -0.4 is 0 Å². The lowest BCUT2D eigenvalue weighted by atomic mass is 10.0. The molecule has 0 bridgehead atoms. The van der Waals surface area contributed by atoms with Gasteiger partial charge in [0.25, 0.3) is 5.71 Å². The van der Waals surface area contributed by atoms with Gasteiger partial charge in [-0.2, -0.15) is 0 Å². The molecule has 0 aliphatic rings. The largest absolute Gasteiger partial charge is 0.319 e. The SMILES string of the molecule is CC(c1ccccn1)=[N+](Cl)OCc1c(C)ccc2ccccc12. The van der Waals surface area contributed by atoms with Crippen LogP contribution in [-0.4, -0.2) is 15.0 Å². The van der Waals surface area contributed by atoms with Gasteiger partial charge in [-0.15, -0.1) is 0 Å². The molecule has 3 aromatic rings. The van der Waals surface area contributed by atoms with Gasteiger partial charge in [0.2, 0.25) is 0 Å². The van der Waals surface area contributed by atoms with Gasteiger partial charge in [-0.05, 0) is 35.4 Å². The molecule has 0 saturated heterocycles. The Morgan fingerprint density at radius 1 is 1.09 bits per heavy atom. The third-order valence-electron chi connectivity index (χ3n) is 3.90. The van der Waals surface area contributed by atoms with E-state index in [2.05, 4.69) is 36.2 Å². The van der Waals surface area contributed by atoms with Crippen molar-refractivity contribution in [2.75, 3.05) is 0 Å². The van der Waals surface area contributed by atoms with E-state index in [-0.39, 0.29) is 0 Å². The normalized spacial score (nSPS) is 12.1. The van der Waals surface area contributed by atoms with Crippen LogP contribution in [0.1, 0.15) is 23.7 Å². The van der Waals surface area contributed by atoms with Crippen LogP contribution in [0.25, 0.3) is 10.8 Å². The second-order valence-electron chi connectivity index (χ2n) is 5.40. The Balaban J connectivity index is 1.88. The molecule has 0 spiro atoms. The summed E-state index contributed by atoms with van der Waals surface area (Å²) in [5.74, 6) is 0. The molecule has 116 valence electrons. The Morgan fingerprint density at radius 3 is 2.65 bits per heavy atom. The van der Waals surface area contributed by atoms with Crippen molar-refractivity contribution in [2.24, 2.45) is 0 Å². The lowest BCUT2D eigenvalue weighted by molar-refractivity contribution is -0.688. The first-order chi connectivity index (χ1) is 11.2. The summed E-state index contributed by atoms with van der Waals surface area (Å²) in [4.78, 5) is 10.0. The minimum Gasteiger partial charge on any atom is -0.250 e. The molecule has 4 heteroatoms. The van der Waals surface area contributed by atoms with Gasteiger partial charge in [0.15, 0.2) is 6.61 Å². The lowest BCUT2D eigenvalue weighted by Gasteiger charge is -2.08. The highest BCUT2D eigenvalue weighted by atomic mass is 35.5. The van der Waals surface area contributed by atoms with Gasteiger partial charge in [-0.1, -0.05) is 42.5 Å². The van der Waals surface area contributed by atoms with E-state index in [1.54, 1.807) is 6.20 Å². The summed E-state index contributed by atoms with van der Waals surface area (Å²) in [6.07, 6.45) is 1.73. The average molecular weight is 326 g/mol. The first-order valence-electron chi connectivity index (χ1n) is 7.48. The Bertz CT molecular complexity index is 860. The number of fused-ring (bicyclic) bond motifs is 1. The lowest BCUT2D eigenvalue weighted by Crippen LogP contribution is -2.13. The maximum atomic E-state index is 6.25. The molecule has 0 radical (unpaired) electrons. The van der Waals surface area contributed by atoms with E-state index in [1.807, 2.05) is 37.3 Å². The van der Waals surface area contributed by atoms with Crippen LogP contribution in [0.4, 0.5) is 0 Å². The number of hydrogen-bond acceptors (Lipinski definition) is 2. The zero-order valence-corrected chi connectivity index (χ0v) is 13.9. The molecular formula is C19H18ClN2O+. The standard InChI is InChI=1S/C19H18ClN2O/c1-14-10-11-16-7-3-4-8-17(16)18(14)13-23-22(20)15(2)19-9-5-6-12-21-19/h3-12H,13H2,1-2H3/q+1. The van der Waals surface area contributed by atoms with Crippen LogP contribution in [0.2, 0.25) is 0 Å². The summed E-state index contributed by atoms with van der Waals surface area (Å²) in [5, 5.41) is 2.39. The minimum absolute atomic E-state index is 0.404. The molecule has 0 amide bonds. The Labute approximate surface area is 140 Å². The molecule has 1 aromatic heterocycles. The Morgan fingerprint density at radius 2 is 1.87 bits per heavy atom. The molecule has 2 aromatic carbocycles.